The molecule has 4 aromatic heterocycles. The van der Waals surface area contributed by atoms with Gasteiger partial charge in [0.25, 0.3) is 11.8 Å². The minimum atomic E-state index is -4.85. The van der Waals surface area contributed by atoms with Crippen LogP contribution in [0.1, 0.15) is 50.8 Å². The summed E-state index contributed by atoms with van der Waals surface area (Å²) in [4.78, 5) is 67.3. The lowest BCUT2D eigenvalue weighted by molar-refractivity contribution is -0.929. The number of piperazine rings is 1. The van der Waals surface area contributed by atoms with E-state index in [4.69, 9.17) is 0 Å². The van der Waals surface area contributed by atoms with Gasteiger partial charge < -0.3 is 44.7 Å². The molecule has 17 nitrogen and oxygen atoms in total. The summed E-state index contributed by atoms with van der Waals surface area (Å²) in [6.45, 7) is 6.95. The number of pyridine rings is 1. The van der Waals surface area contributed by atoms with Crippen molar-refractivity contribution >= 4 is 40.4 Å². The second-order valence-corrected chi connectivity index (χ2v) is 16.3. The van der Waals surface area contributed by atoms with Gasteiger partial charge in [0.05, 0.1) is 54.7 Å². The Balaban J connectivity index is 0.888. The minimum Gasteiger partial charge on any atom is -0.477 e. The molecular formula is C41H47F3N11O6+. The predicted octanol–water partition coefficient (Wildman–Crippen LogP) is 3.04. The van der Waals surface area contributed by atoms with Gasteiger partial charge in [-0.15, -0.1) is 0 Å². The van der Waals surface area contributed by atoms with Gasteiger partial charge in [-0.05, 0) is 48.9 Å². The van der Waals surface area contributed by atoms with Crippen molar-refractivity contribution in [3.05, 3.63) is 77.1 Å². The molecule has 3 amide bonds. The average molecular weight is 847 g/mol. The second kappa shape index (κ2) is 16.4. The number of alkyl halides is 3. The van der Waals surface area contributed by atoms with E-state index in [9.17, 15) is 42.6 Å². The van der Waals surface area contributed by atoms with Crippen LogP contribution in [-0.4, -0.2) is 143 Å². The van der Waals surface area contributed by atoms with Crippen LogP contribution in [0, 0.1) is 18.8 Å². The number of fused-ring (bicyclic) bond motifs is 1. The highest BCUT2D eigenvalue weighted by molar-refractivity contribution is 6.03. The number of rotatable bonds is 11. The average Bonchev–Trinajstić information content (AvgIpc) is 3.95. The van der Waals surface area contributed by atoms with Crippen LogP contribution >= 0.6 is 0 Å². The Morgan fingerprint density at radius 3 is 2.36 bits per heavy atom. The molecule has 3 aliphatic heterocycles. The molecule has 0 spiro atoms. The SMILES string of the molecule is Cc1cc(NC(=O)c2ncc(-c3cn(-c4ccc5[nH]c(CO)cc5n4)nc3C(F)(F)F)n2C)ccc1C(=O)N1CCN(C(=O)C2CC[N+](CC(=O)O)(CC3CNC3)CC2)CC1. The summed E-state index contributed by atoms with van der Waals surface area (Å²) < 4.78 is 45.7. The Morgan fingerprint density at radius 2 is 1.72 bits per heavy atom. The zero-order valence-electron chi connectivity index (χ0n) is 33.7. The fourth-order valence-corrected chi connectivity index (χ4v) is 8.83. The summed E-state index contributed by atoms with van der Waals surface area (Å²) in [5.41, 5.74) is 1.36. The molecule has 5 N–H and O–H groups in total. The summed E-state index contributed by atoms with van der Waals surface area (Å²) >= 11 is 0. The van der Waals surface area contributed by atoms with Crippen molar-refractivity contribution in [2.45, 2.75) is 32.5 Å². The van der Waals surface area contributed by atoms with Crippen LogP contribution in [0.2, 0.25) is 0 Å². The normalized spacial score (nSPS) is 19.9. The quantitative estimate of drug-likeness (QED) is 0.123. The van der Waals surface area contributed by atoms with E-state index in [-0.39, 0.29) is 53.8 Å². The number of benzene rings is 1. The van der Waals surface area contributed by atoms with Gasteiger partial charge in [-0.2, -0.15) is 18.3 Å². The number of carbonyl (C=O) groups is 4. The molecule has 61 heavy (non-hydrogen) atoms. The molecule has 3 aliphatic rings. The van der Waals surface area contributed by atoms with Crippen molar-refractivity contribution in [2.24, 2.45) is 18.9 Å². The monoisotopic (exact) mass is 846 g/mol. The molecule has 322 valence electrons. The maximum absolute atomic E-state index is 14.3. The Labute approximate surface area is 347 Å². The van der Waals surface area contributed by atoms with Crippen molar-refractivity contribution < 1.29 is 47.0 Å². The van der Waals surface area contributed by atoms with E-state index in [1.165, 1.54) is 30.1 Å². The number of hydrogen-bond acceptors (Lipinski definition) is 9. The number of likely N-dealkylation sites (tertiary alicyclic amines) is 1. The van der Waals surface area contributed by atoms with Crippen LogP contribution in [0.3, 0.4) is 0 Å². The zero-order valence-corrected chi connectivity index (χ0v) is 33.7. The van der Waals surface area contributed by atoms with Crippen molar-refractivity contribution in [3.63, 3.8) is 0 Å². The van der Waals surface area contributed by atoms with E-state index < -0.39 is 23.7 Å². The minimum absolute atomic E-state index is 0.0131. The van der Waals surface area contributed by atoms with Crippen LogP contribution < -0.4 is 10.6 Å². The molecule has 5 aromatic rings. The first kappa shape index (κ1) is 41.6. The Morgan fingerprint density at radius 1 is 1.00 bits per heavy atom. The van der Waals surface area contributed by atoms with Gasteiger partial charge in [-0.25, -0.2) is 19.4 Å². The van der Waals surface area contributed by atoms with E-state index >= 15 is 0 Å². The number of aromatic amines is 1. The van der Waals surface area contributed by atoms with Gasteiger partial charge in [0.1, 0.15) is 0 Å². The van der Waals surface area contributed by atoms with Crippen LogP contribution in [0.25, 0.3) is 28.1 Å². The number of carbonyl (C=O) groups excluding carboxylic acids is 3. The van der Waals surface area contributed by atoms with Gasteiger partial charge in [-0.3, -0.25) is 14.4 Å². The molecule has 7 heterocycles. The van der Waals surface area contributed by atoms with E-state index in [1.54, 1.807) is 42.2 Å². The highest BCUT2D eigenvalue weighted by Gasteiger charge is 2.42. The van der Waals surface area contributed by atoms with E-state index in [0.29, 0.717) is 96.1 Å². The third-order valence-corrected chi connectivity index (χ3v) is 12.2. The third kappa shape index (κ3) is 8.47. The highest BCUT2D eigenvalue weighted by atomic mass is 19.4. The van der Waals surface area contributed by atoms with Gasteiger partial charge in [0.15, 0.2) is 23.9 Å². The molecule has 0 atom stereocenters. The summed E-state index contributed by atoms with van der Waals surface area (Å²) in [7, 11) is 1.42. The maximum atomic E-state index is 14.3. The molecule has 0 bridgehead atoms. The number of carboxylic acids is 1. The first-order chi connectivity index (χ1) is 29.1. The maximum Gasteiger partial charge on any atom is 0.435 e. The first-order valence-corrected chi connectivity index (χ1v) is 20.2. The number of aryl methyl sites for hydroxylation is 1. The number of aliphatic carboxylic acids is 1. The van der Waals surface area contributed by atoms with Gasteiger partial charge >= 0.3 is 12.1 Å². The van der Waals surface area contributed by atoms with E-state index in [0.717, 1.165) is 24.3 Å². The number of carboxylic acid groups (broad SMARTS) is 1. The molecule has 0 radical (unpaired) electrons. The van der Waals surface area contributed by atoms with E-state index in [2.05, 4.69) is 30.7 Å². The number of aromatic nitrogens is 6. The smallest absolute Gasteiger partial charge is 0.435 e. The number of hydrogen-bond donors (Lipinski definition) is 5. The number of quaternary nitrogens is 1. The summed E-state index contributed by atoms with van der Waals surface area (Å²) in [5.74, 6) is -1.43. The highest BCUT2D eigenvalue weighted by Crippen LogP contribution is 2.37. The second-order valence-electron chi connectivity index (χ2n) is 16.3. The van der Waals surface area contributed by atoms with E-state index in [1.807, 2.05) is 4.90 Å². The first-order valence-electron chi connectivity index (χ1n) is 20.2. The molecular weight excluding hydrogens is 800 g/mol. The molecule has 3 fully saturated rings. The van der Waals surface area contributed by atoms with Gasteiger partial charge in [0, 0.05) is 94.1 Å². The van der Waals surface area contributed by atoms with Gasteiger partial charge in [-0.1, -0.05) is 0 Å². The fraction of sp³-hybridized carbons (Fsp3) is 0.439. The van der Waals surface area contributed by atoms with Crippen molar-refractivity contribution in [2.75, 3.05) is 70.8 Å². The number of nitrogens with one attached hydrogen (secondary N) is 3. The number of anilines is 1. The standard InChI is InChI=1S/C41H46F3N11O6/c1-24-15-27(3-4-29(24)40(61)53-11-9-52(10-12-53)39(60)26-7-13-55(14-8-26,22-35(57)58)21-25-17-45-18-25)48-38(59)37-46-19-33(51(37)2)30-20-54(50-36(30)41(42,43)44)34-6-5-31-32(49-34)16-28(23-56)47-31/h3-6,15-16,19-20,25-26,45,56H,7-14,17-18,21-23H2,1-2H3,(H2-,47,48,49,57,58,59,61)/p+1. The van der Waals surface area contributed by atoms with Crippen LogP contribution in [0.5, 0.6) is 0 Å². The fourth-order valence-electron chi connectivity index (χ4n) is 8.83. The molecule has 20 heteroatoms. The van der Waals surface area contributed by atoms with Crippen LogP contribution in [0.4, 0.5) is 18.9 Å². The summed E-state index contributed by atoms with van der Waals surface area (Å²) in [6.07, 6.45) is -1.24. The zero-order chi connectivity index (χ0) is 43.2. The number of aliphatic hydroxyl groups excluding tert-OH is 1. The third-order valence-electron chi connectivity index (χ3n) is 12.2. The lowest BCUT2D eigenvalue weighted by Crippen LogP contribution is -2.62. The van der Waals surface area contributed by atoms with Crippen molar-refractivity contribution in [3.8, 4) is 17.1 Å². The van der Waals surface area contributed by atoms with Crippen LogP contribution in [-0.2, 0) is 29.4 Å². The molecule has 3 saturated heterocycles. The topological polar surface area (TPSA) is 204 Å². The molecule has 0 saturated carbocycles. The molecule has 8 rings (SSSR count). The predicted molar refractivity (Wildman–Crippen MR) is 214 cm³/mol. The number of H-pyrrole nitrogens is 1. The van der Waals surface area contributed by atoms with Gasteiger partial charge in [0.2, 0.25) is 5.91 Å². The molecule has 1 aromatic carbocycles. The number of amides is 3. The largest absolute Gasteiger partial charge is 0.477 e. The Kier molecular flexibility index (Phi) is 11.2. The number of piperidine rings is 1. The number of nitrogens with zero attached hydrogens (tertiary/aromatic N) is 8. The number of halogens is 3. The lowest BCUT2D eigenvalue weighted by atomic mass is 9.90. The van der Waals surface area contributed by atoms with Crippen LogP contribution in [0.15, 0.2) is 48.8 Å². The Bertz CT molecular complexity index is 2490. The number of imidazole rings is 1. The summed E-state index contributed by atoms with van der Waals surface area (Å²) in [5, 5.41) is 28.8. The van der Waals surface area contributed by atoms with Crippen molar-refractivity contribution in [1.82, 2.24) is 44.4 Å². The molecule has 0 unspecified atom stereocenters. The Hall–Kier alpha value is -6.12. The number of aliphatic hydroxyl groups is 1. The molecule has 0 aliphatic carbocycles. The van der Waals surface area contributed by atoms with Crippen molar-refractivity contribution in [1.29, 1.82) is 0 Å². The lowest BCUT2D eigenvalue weighted by Gasteiger charge is -2.46. The summed E-state index contributed by atoms with van der Waals surface area (Å²) in [6, 6.07) is 9.50.